The Morgan fingerprint density at radius 1 is 1.33 bits per heavy atom. The third kappa shape index (κ3) is 5.09. The third-order valence-corrected chi connectivity index (χ3v) is 4.76. The Hall–Kier alpha value is -1.90. The number of nitrogens with zero attached hydrogens (tertiary/aromatic N) is 5. The Morgan fingerprint density at radius 3 is 2.63 bits per heavy atom. The number of halogens is 2. The number of carbonyl (C=O) groups is 1. The number of likely N-dealkylation sites (tertiary alicyclic amines) is 1. The molecule has 10 heteroatoms. The van der Waals surface area contributed by atoms with Crippen molar-refractivity contribution in [2.75, 3.05) is 18.4 Å². The second kappa shape index (κ2) is 10.4. The van der Waals surface area contributed by atoms with Crippen LogP contribution in [-0.4, -0.2) is 56.2 Å². The highest BCUT2D eigenvalue weighted by atomic mass is 35.5. The van der Waals surface area contributed by atoms with Crippen molar-refractivity contribution in [3.63, 3.8) is 0 Å². The minimum absolute atomic E-state index is 0. The molecule has 3 N–H and O–H groups in total. The Bertz CT molecular complexity index is 712. The lowest BCUT2D eigenvalue weighted by Crippen LogP contribution is -2.45. The highest BCUT2D eigenvalue weighted by molar-refractivity contribution is 5.86. The van der Waals surface area contributed by atoms with Gasteiger partial charge in [-0.05, 0) is 54.8 Å². The van der Waals surface area contributed by atoms with E-state index in [1.165, 1.54) is 0 Å². The van der Waals surface area contributed by atoms with E-state index in [1.807, 2.05) is 42.2 Å². The first kappa shape index (κ1) is 23.1. The van der Waals surface area contributed by atoms with Gasteiger partial charge in [0.25, 0.3) is 0 Å². The SMILES string of the molecule is CCC(Nc1nnnn1-c1ccccc1)C(=O)N1CC(CN)CC1C.Cl.Cl. The molecular formula is C17H27Cl2N7O. The second-order valence-electron chi connectivity index (χ2n) is 6.53. The first-order valence-corrected chi connectivity index (χ1v) is 8.74. The lowest BCUT2D eigenvalue weighted by molar-refractivity contribution is -0.132. The zero-order valence-corrected chi connectivity index (χ0v) is 17.1. The number of hydrogen-bond donors (Lipinski definition) is 2. The van der Waals surface area contributed by atoms with E-state index >= 15 is 0 Å². The molecule has 3 atom stereocenters. The molecule has 3 unspecified atom stereocenters. The van der Waals surface area contributed by atoms with Crippen LogP contribution < -0.4 is 11.1 Å². The van der Waals surface area contributed by atoms with Crippen LogP contribution >= 0.6 is 24.8 Å². The lowest BCUT2D eigenvalue weighted by Gasteiger charge is -2.27. The molecule has 0 saturated carbocycles. The van der Waals surface area contributed by atoms with E-state index in [1.54, 1.807) is 4.68 Å². The number of carbonyl (C=O) groups excluding carboxylic acids is 1. The Balaban J connectivity index is 0.00000182. The van der Waals surface area contributed by atoms with Gasteiger partial charge in [-0.3, -0.25) is 4.79 Å². The maximum absolute atomic E-state index is 13.0. The highest BCUT2D eigenvalue weighted by Crippen LogP contribution is 2.24. The van der Waals surface area contributed by atoms with Crippen LogP contribution in [0.4, 0.5) is 5.95 Å². The number of nitrogens with two attached hydrogens (primary N) is 1. The predicted octanol–water partition coefficient (Wildman–Crippen LogP) is 1.89. The van der Waals surface area contributed by atoms with E-state index < -0.39 is 0 Å². The van der Waals surface area contributed by atoms with E-state index in [0.717, 1.165) is 18.7 Å². The Kier molecular flexibility index (Phi) is 8.95. The molecule has 1 aliphatic rings. The van der Waals surface area contributed by atoms with Gasteiger partial charge >= 0.3 is 0 Å². The highest BCUT2D eigenvalue weighted by Gasteiger charge is 2.35. The van der Waals surface area contributed by atoms with Crippen LogP contribution in [0.15, 0.2) is 30.3 Å². The summed E-state index contributed by atoms with van der Waals surface area (Å²) in [6.07, 6.45) is 1.61. The molecular weight excluding hydrogens is 389 g/mol. The summed E-state index contributed by atoms with van der Waals surface area (Å²) in [5, 5.41) is 15.0. The fourth-order valence-corrected chi connectivity index (χ4v) is 3.33. The average molecular weight is 416 g/mol. The van der Waals surface area contributed by atoms with Crippen molar-refractivity contribution in [1.29, 1.82) is 0 Å². The van der Waals surface area contributed by atoms with Gasteiger partial charge in [0.2, 0.25) is 11.9 Å². The van der Waals surface area contributed by atoms with Crippen LogP contribution in [0.1, 0.15) is 26.7 Å². The fourth-order valence-electron chi connectivity index (χ4n) is 3.33. The van der Waals surface area contributed by atoms with Gasteiger partial charge in [0.15, 0.2) is 0 Å². The molecule has 0 radical (unpaired) electrons. The lowest BCUT2D eigenvalue weighted by atomic mass is 10.1. The summed E-state index contributed by atoms with van der Waals surface area (Å²) >= 11 is 0. The van der Waals surface area contributed by atoms with Crippen molar-refractivity contribution in [1.82, 2.24) is 25.1 Å². The molecule has 1 saturated heterocycles. The number of hydrogen-bond acceptors (Lipinski definition) is 6. The van der Waals surface area contributed by atoms with E-state index in [0.29, 0.717) is 24.8 Å². The van der Waals surface area contributed by atoms with Gasteiger partial charge in [0.1, 0.15) is 6.04 Å². The summed E-state index contributed by atoms with van der Waals surface area (Å²) in [4.78, 5) is 14.9. The van der Waals surface area contributed by atoms with Gasteiger partial charge in [-0.1, -0.05) is 30.2 Å². The van der Waals surface area contributed by atoms with Gasteiger partial charge in [-0.2, -0.15) is 4.68 Å². The van der Waals surface area contributed by atoms with E-state index in [9.17, 15) is 4.79 Å². The van der Waals surface area contributed by atoms with Crippen molar-refractivity contribution in [3.05, 3.63) is 30.3 Å². The quantitative estimate of drug-likeness (QED) is 0.746. The molecule has 2 heterocycles. The van der Waals surface area contributed by atoms with Crippen molar-refractivity contribution in [2.45, 2.75) is 38.8 Å². The number of anilines is 1. The second-order valence-corrected chi connectivity index (χ2v) is 6.53. The molecule has 1 aromatic carbocycles. The normalized spacial score (nSPS) is 19.7. The number of rotatable bonds is 6. The largest absolute Gasteiger partial charge is 0.341 e. The number of aromatic nitrogens is 4. The van der Waals surface area contributed by atoms with Gasteiger partial charge in [0.05, 0.1) is 5.69 Å². The van der Waals surface area contributed by atoms with Crippen LogP contribution in [0.5, 0.6) is 0 Å². The van der Waals surface area contributed by atoms with Crippen molar-refractivity contribution in [3.8, 4) is 5.69 Å². The van der Waals surface area contributed by atoms with Gasteiger partial charge in [-0.25, -0.2) is 0 Å². The van der Waals surface area contributed by atoms with Crippen LogP contribution in [-0.2, 0) is 4.79 Å². The maximum Gasteiger partial charge on any atom is 0.248 e. The van der Waals surface area contributed by atoms with E-state index in [-0.39, 0.29) is 42.8 Å². The van der Waals surface area contributed by atoms with Crippen molar-refractivity contribution in [2.24, 2.45) is 11.7 Å². The molecule has 1 aromatic heterocycles. The predicted molar refractivity (Wildman–Crippen MR) is 110 cm³/mol. The summed E-state index contributed by atoms with van der Waals surface area (Å²) in [5.41, 5.74) is 6.62. The first-order valence-electron chi connectivity index (χ1n) is 8.74. The van der Waals surface area contributed by atoms with Crippen LogP contribution in [0.3, 0.4) is 0 Å². The summed E-state index contributed by atoms with van der Waals surface area (Å²) in [6.45, 7) is 5.39. The molecule has 150 valence electrons. The van der Waals surface area contributed by atoms with Crippen molar-refractivity contribution < 1.29 is 4.79 Å². The van der Waals surface area contributed by atoms with Crippen LogP contribution in [0.25, 0.3) is 5.69 Å². The number of benzene rings is 1. The van der Waals surface area contributed by atoms with Gasteiger partial charge in [-0.15, -0.1) is 24.8 Å². The monoisotopic (exact) mass is 415 g/mol. The molecule has 2 aromatic rings. The van der Waals surface area contributed by atoms with E-state index in [4.69, 9.17) is 5.73 Å². The zero-order chi connectivity index (χ0) is 17.8. The topological polar surface area (TPSA) is 102 Å². The molecule has 1 amide bonds. The average Bonchev–Trinajstić information content (AvgIpc) is 3.26. The Morgan fingerprint density at radius 2 is 2.04 bits per heavy atom. The van der Waals surface area contributed by atoms with Crippen molar-refractivity contribution >= 4 is 36.7 Å². The summed E-state index contributed by atoms with van der Waals surface area (Å²) in [5.74, 6) is 0.924. The number of para-hydroxylation sites is 1. The number of amides is 1. The molecule has 3 rings (SSSR count). The number of nitrogens with one attached hydrogen (secondary N) is 1. The smallest absolute Gasteiger partial charge is 0.248 e. The van der Waals surface area contributed by atoms with Gasteiger partial charge < -0.3 is 16.0 Å². The van der Waals surface area contributed by atoms with Gasteiger partial charge in [0, 0.05) is 12.6 Å². The first-order chi connectivity index (χ1) is 12.1. The molecule has 0 bridgehead atoms. The Labute approximate surface area is 171 Å². The zero-order valence-electron chi connectivity index (χ0n) is 15.5. The number of tetrazole rings is 1. The third-order valence-electron chi connectivity index (χ3n) is 4.76. The minimum Gasteiger partial charge on any atom is -0.341 e. The maximum atomic E-state index is 13.0. The van der Waals surface area contributed by atoms with E-state index in [2.05, 4.69) is 27.8 Å². The summed E-state index contributed by atoms with van der Waals surface area (Å²) in [7, 11) is 0. The fraction of sp³-hybridized carbons (Fsp3) is 0.529. The molecule has 1 fully saturated rings. The molecule has 1 aliphatic heterocycles. The molecule has 0 aliphatic carbocycles. The minimum atomic E-state index is -0.368. The van der Waals surface area contributed by atoms with Crippen LogP contribution in [0.2, 0.25) is 0 Å². The van der Waals surface area contributed by atoms with Crippen LogP contribution in [0, 0.1) is 5.92 Å². The molecule has 8 nitrogen and oxygen atoms in total. The standard InChI is InChI=1S/C17H25N7O.2ClH/c1-3-15(16(25)23-11-13(10-18)9-12(23)2)19-17-20-21-22-24(17)14-7-5-4-6-8-14;;/h4-8,12-13,15H,3,9-11,18H2,1-2H3,(H,19,20,22);2*1H. The summed E-state index contributed by atoms with van der Waals surface area (Å²) < 4.78 is 1.60. The molecule has 0 spiro atoms. The molecule has 27 heavy (non-hydrogen) atoms. The summed E-state index contributed by atoms with van der Waals surface area (Å²) in [6, 6.07) is 9.44.